The first-order valence-electron chi connectivity index (χ1n) is 5.75. The molecule has 3 aromatic rings. The number of nitrogen functional groups attached to an aromatic ring is 4. The van der Waals surface area contributed by atoms with Gasteiger partial charge in [-0.25, -0.2) is 4.98 Å². The molecule has 0 unspecified atom stereocenters. The third-order valence-corrected chi connectivity index (χ3v) is 3.07. The van der Waals surface area contributed by atoms with E-state index in [0.29, 0.717) is 34.1 Å². The summed E-state index contributed by atoms with van der Waals surface area (Å²) < 4.78 is 0. The van der Waals surface area contributed by atoms with Crippen molar-refractivity contribution in [1.82, 2.24) is 9.97 Å². The summed E-state index contributed by atoms with van der Waals surface area (Å²) in [5.74, 6) is 0.701. The van der Waals surface area contributed by atoms with Crippen molar-refractivity contribution in [3.05, 3.63) is 30.3 Å². The van der Waals surface area contributed by atoms with Gasteiger partial charge in [0.1, 0.15) is 11.3 Å². The van der Waals surface area contributed by atoms with E-state index in [1.165, 1.54) is 0 Å². The van der Waals surface area contributed by atoms with Gasteiger partial charge >= 0.3 is 0 Å². The minimum absolute atomic E-state index is 0.364. The van der Waals surface area contributed by atoms with Crippen LogP contribution in [0.5, 0.6) is 0 Å². The van der Waals surface area contributed by atoms with Crippen LogP contribution in [0.2, 0.25) is 0 Å². The molecule has 3 rings (SSSR count). The molecule has 6 nitrogen and oxygen atoms in total. The fourth-order valence-corrected chi connectivity index (χ4v) is 1.99. The zero-order valence-electron chi connectivity index (χ0n) is 10.1. The van der Waals surface area contributed by atoms with E-state index in [2.05, 4.69) is 9.97 Å². The Labute approximate surface area is 109 Å². The highest BCUT2D eigenvalue weighted by Crippen LogP contribution is 2.32. The topological polar surface area (TPSA) is 133 Å². The van der Waals surface area contributed by atoms with Crippen molar-refractivity contribution in [2.75, 3.05) is 22.9 Å². The van der Waals surface area contributed by atoms with Crippen LogP contribution in [0.25, 0.3) is 22.4 Å². The van der Waals surface area contributed by atoms with Crippen LogP contribution >= 0.6 is 0 Å². The molecular formula is C13H14N6. The van der Waals surface area contributed by atoms with Crippen molar-refractivity contribution < 1.29 is 0 Å². The number of nitrogens with one attached hydrogen (secondary N) is 1. The predicted molar refractivity (Wildman–Crippen MR) is 79.2 cm³/mol. The molecule has 1 heterocycles. The smallest absolute Gasteiger partial charge is 0.138 e. The summed E-state index contributed by atoms with van der Waals surface area (Å²) >= 11 is 0. The van der Waals surface area contributed by atoms with Crippen molar-refractivity contribution in [3.63, 3.8) is 0 Å². The van der Waals surface area contributed by atoms with Crippen LogP contribution < -0.4 is 22.9 Å². The fraction of sp³-hybridized carbons (Fsp3) is 0. The predicted octanol–water partition coefficient (Wildman–Crippen LogP) is 1.56. The first kappa shape index (κ1) is 11.2. The van der Waals surface area contributed by atoms with Crippen molar-refractivity contribution in [2.45, 2.75) is 0 Å². The molecule has 2 aromatic carbocycles. The summed E-state index contributed by atoms with van der Waals surface area (Å²) in [6, 6.07) is 9.13. The number of anilines is 4. The number of hydrogen-bond donors (Lipinski definition) is 5. The van der Waals surface area contributed by atoms with Gasteiger partial charge < -0.3 is 27.9 Å². The van der Waals surface area contributed by atoms with E-state index >= 15 is 0 Å². The minimum atomic E-state index is 0.364. The molecule has 0 bridgehead atoms. The Balaban J connectivity index is 2.22. The van der Waals surface area contributed by atoms with Crippen molar-refractivity contribution in [1.29, 1.82) is 0 Å². The molecule has 0 aliphatic heterocycles. The number of aromatic nitrogens is 2. The lowest BCUT2D eigenvalue weighted by atomic mass is 10.2. The highest BCUT2D eigenvalue weighted by atomic mass is 14.9. The van der Waals surface area contributed by atoms with E-state index in [1.807, 2.05) is 24.3 Å². The van der Waals surface area contributed by atoms with Crippen LogP contribution in [-0.2, 0) is 0 Å². The van der Waals surface area contributed by atoms with Crippen LogP contribution in [0.1, 0.15) is 0 Å². The lowest BCUT2D eigenvalue weighted by Crippen LogP contribution is -2.00. The van der Waals surface area contributed by atoms with Gasteiger partial charge in [0.2, 0.25) is 0 Å². The molecular weight excluding hydrogens is 240 g/mol. The zero-order valence-corrected chi connectivity index (χ0v) is 10.1. The van der Waals surface area contributed by atoms with Crippen LogP contribution in [0.15, 0.2) is 30.3 Å². The number of fused-ring (bicyclic) bond motifs is 1. The maximum Gasteiger partial charge on any atom is 0.138 e. The number of H-pyrrole nitrogens is 1. The Hall–Kier alpha value is -2.89. The number of nitrogens with two attached hydrogens (primary N) is 4. The number of rotatable bonds is 1. The molecule has 1 aromatic heterocycles. The first-order chi connectivity index (χ1) is 9.06. The van der Waals surface area contributed by atoms with Crippen LogP contribution in [-0.4, -0.2) is 9.97 Å². The standard InChI is InChI=1S/C13H14N6/c14-7-3-1-6(2-4-7)13-18-9-5-8(15)10(16)11(17)12(9)19-13/h1-5H,14-17H2,(H,18,19). The summed E-state index contributed by atoms with van der Waals surface area (Å²) in [6.45, 7) is 0. The molecule has 9 N–H and O–H groups in total. The lowest BCUT2D eigenvalue weighted by molar-refractivity contribution is 1.34. The van der Waals surface area contributed by atoms with E-state index in [4.69, 9.17) is 22.9 Å². The molecule has 0 atom stereocenters. The van der Waals surface area contributed by atoms with E-state index < -0.39 is 0 Å². The Morgan fingerprint density at radius 2 is 1.58 bits per heavy atom. The van der Waals surface area contributed by atoms with E-state index in [-0.39, 0.29) is 0 Å². The summed E-state index contributed by atoms with van der Waals surface area (Å²) in [6.07, 6.45) is 0. The summed E-state index contributed by atoms with van der Waals surface area (Å²) in [7, 11) is 0. The van der Waals surface area contributed by atoms with Gasteiger partial charge in [-0.2, -0.15) is 0 Å². The third-order valence-electron chi connectivity index (χ3n) is 3.07. The molecule has 0 saturated carbocycles. The number of aromatic amines is 1. The Kier molecular flexibility index (Phi) is 2.25. The first-order valence-corrected chi connectivity index (χ1v) is 5.75. The average Bonchev–Trinajstić information content (AvgIpc) is 2.81. The molecule has 0 aliphatic rings. The largest absolute Gasteiger partial charge is 0.399 e. The molecule has 0 fully saturated rings. The van der Waals surface area contributed by atoms with Gasteiger partial charge in [0.15, 0.2) is 0 Å². The molecule has 0 aliphatic carbocycles. The van der Waals surface area contributed by atoms with Crippen molar-refractivity contribution >= 4 is 33.8 Å². The second-order valence-electron chi connectivity index (χ2n) is 4.40. The van der Waals surface area contributed by atoms with E-state index in [1.54, 1.807) is 6.07 Å². The Morgan fingerprint density at radius 3 is 2.26 bits per heavy atom. The van der Waals surface area contributed by atoms with Gasteiger partial charge in [0, 0.05) is 11.3 Å². The van der Waals surface area contributed by atoms with E-state index in [9.17, 15) is 0 Å². The Bertz CT molecular complexity index is 757. The third kappa shape index (κ3) is 1.70. The summed E-state index contributed by atoms with van der Waals surface area (Å²) in [5, 5.41) is 0. The molecule has 0 spiro atoms. The van der Waals surface area contributed by atoms with Gasteiger partial charge in [-0.15, -0.1) is 0 Å². The maximum absolute atomic E-state index is 5.93. The molecule has 0 radical (unpaired) electrons. The summed E-state index contributed by atoms with van der Waals surface area (Å²) in [4.78, 5) is 7.63. The van der Waals surface area contributed by atoms with E-state index in [0.717, 1.165) is 11.1 Å². The lowest BCUT2D eigenvalue weighted by Gasteiger charge is -2.03. The number of benzene rings is 2. The van der Waals surface area contributed by atoms with Crippen LogP contribution in [0.4, 0.5) is 22.7 Å². The normalized spacial score (nSPS) is 10.9. The highest BCUT2D eigenvalue weighted by molar-refractivity contribution is 6.00. The number of imidazole rings is 1. The quantitative estimate of drug-likeness (QED) is 0.420. The second-order valence-corrected chi connectivity index (χ2v) is 4.40. The van der Waals surface area contributed by atoms with Crippen LogP contribution in [0.3, 0.4) is 0 Å². The second kappa shape index (κ2) is 3.81. The molecule has 96 valence electrons. The van der Waals surface area contributed by atoms with Gasteiger partial charge in [0.05, 0.1) is 22.6 Å². The van der Waals surface area contributed by atoms with Gasteiger partial charge in [-0.05, 0) is 30.3 Å². The maximum atomic E-state index is 5.93. The van der Waals surface area contributed by atoms with Crippen molar-refractivity contribution in [2.24, 2.45) is 0 Å². The Morgan fingerprint density at radius 1 is 0.895 bits per heavy atom. The number of nitrogens with zero attached hydrogens (tertiary/aromatic N) is 1. The van der Waals surface area contributed by atoms with Gasteiger partial charge in [0.25, 0.3) is 0 Å². The van der Waals surface area contributed by atoms with Crippen molar-refractivity contribution in [3.8, 4) is 11.4 Å². The number of hydrogen-bond acceptors (Lipinski definition) is 5. The summed E-state index contributed by atoms with van der Waals surface area (Å²) in [5.41, 5.74) is 27.4. The average molecular weight is 254 g/mol. The zero-order chi connectivity index (χ0) is 13.6. The molecule has 6 heteroatoms. The van der Waals surface area contributed by atoms with Gasteiger partial charge in [-0.3, -0.25) is 0 Å². The van der Waals surface area contributed by atoms with Gasteiger partial charge in [-0.1, -0.05) is 0 Å². The molecule has 0 amide bonds. The SMILES string of the molecule is Nc1ccc(-c2nc3c(N)c(N)c(N)cc3[nH]2)cc1. The van der Waals surface area contributed by atoms with Crippen LogP contribution in [0, 0.1) is 0 Å². The highest BCUT2D eigenvalue weighted by Gasteiger charge is 2.12. The molecule has 19 heavy (non-hydrogen) atoms. The molecule has 0 saturated heterocycles. The fourth-order valence-electron chi connectivity index (χ4n) is 1.99. The monoisotopic (exact) mass is 254 g/mol. The minimum Gasteiger partial charge on any atom is -0.399 e.